The van der Waals surface area contributed by atoms with Gasteiger partial charge in [-0.15, -0.1) is 0 Å². The summed E-state index contributed by atoms with van der Waals surface area (Å²) in [7, 11) is 0. The van der Waals surface area contributed by atoms with Crippen molar-refractivity contribution in [2.45, 2.75) is 13.5 Å². The van der Waals surface area contributed by atoms with E-state index in [1.165, 1.54) is 5.56 Å². The summed E-state index contributed by atoms with van der Waals surface area (Å²) in [5.74, 6) is 1.69. The third-order valence-electron chi connectivity index (χ3n) is 4.52. The average Bonchev–Trinajstić information content (AvgIpc) is 3.10. The number of hydrogen-bond donors (Lipinski definition) is 0. The van der Waals surface area contributed by atoms with E-state index in [2.05, 4.69) is 43.1 Å². The number of anilines is 1. The van der Waals surface area contributed by atoms with Gasteiger partial charge in [0.15, 0.2) is 0 Å². The molecule has 2 aromatic heterocycles. The van der Waals surface area contributed by atoms with E-state index in [9.17, 15) is 0 Å². The predicted octanol–water partition coefficient (Wildman–Crippen LogP) is 1.63. The average molecular weight is 333 g/mol. The summed E-state index contributed by atoms with van der Waals surface area (Å²) < 4.78 is 1.80. The normalized spacial score (nSPS) is 15.4. The number of benzene rings is 1. The highest BCUT2D eigenvalue weighted by molar-refractivity contribution is 5.47. The minimum Gasteiger partial charge on any atom is -0.354 e. The summed E-state index contributed by atoms with van der Waals surface area (Å²) in [6.45, 7) is 6.64. The van der Waals surface area contributed by atoms with E-state index in [0.29, 0.717) is 5.78 Å². The zero-order valence-corrected chi connectivity index (χ0v) is 14.1. The number of aromatic nitrogens is 4. The molecule has 0 amide bonds. The maximum atomic E-state index is 9.03. The third kappa shape index (κ3) is 3.16. The Kier molecular flexibility index (Phi) is 4.04. The highest BCUT2D eigenvalue weighted by Gasteiger charge is 2.20. The molecule has 0 spiro atoms. The van der Waals surface area contributed by atoms with Crippen LogP contribution in [0.25, 0.3) is 5.78 Å². The lowest BCUT2D eigenvalue weighted by molar-refractivity contribution is 0.249. The molecule has 1 aliphatic rings. The van der Waals surface area contributed by atoms with Gasteiger partial charge in [-0.2, -0.15) is 19.9 Å². The molecule has 0 unspecified atom stereocenters. The van der Waals surface area contributed by atoms with Crippen LogP contribution in [-0.2, 0) is 6.54 Å². The van der Waals surface area contributed by atoms with E-state index >= 15 is 0 Å². The van der Waals surface area contributed by atoms with Gasteiger partial charge in [0, 0.05) is 44.5 Å². The van der Waals surface area contributed by atoms with Gasteiger partial charge in [-0.25, -0.2) is 4.98 Å². The van der Waals surface area contributed by atoms with Crippen LogP contribution in [0.1, 0.15) is 16.8 Å². The summed E-state index contributed by atoms with van der Waals surface area (Å²) in [4.78, 5) is 13.4. The highest BCUT2D eigenvalue weighted by atomic mass is 15.4. The number of nitriles is 1. The van der Waals surface area contributed by atoms with Gasteiger partial charge in [0.1, 0.15) is 12.1 Å². The summed E-state index contributed by atoms with van der Waals surface area (Å²) in [5, 5.41) is 13.3. The van der Waals surface area contributed by atoms with Crippen molar-refractivity contribution in [2.75, 3.05) is 31.1 Å². The lowest BCUT2D eigenvalue weighted by Gasteiger charge is -2.36. The number of aryl methyl sites for hydroxylation is 1. The molecule has 25 heavy (non-hydrogen) atoms. The lowest BCUT2D eigenvalue weighted by Crippen LogP contribution is -2.46. The van der Waals surface area contributed by atoms with Crippen LogP contribution >= 0.6 is 0 Å². The minimum atomic E-state index is 0.644. The van der Waals surface area contributed by atoms with Gasteiger partial charge in [0.25, 0.3) is 5.78 Å². The van der Waals surface area contributed by atoms with E-state index in [0.717, 1.165) is 49.8 Å². The summed E-state index contributed by atoms with van der Waals surface area (Å²) in [6.07, 6.45) is 1.55. The predicted molar refractivity (Wildman–Crippen MR) is 94.2 cm³/mol. The fraction of sp³-hybridized carbons (Fsp3) is 0.333. The fourth-order valence-corrected chi connectivity index (χ4v) is 3.27. The zero-order chi connectivity index (χ0) is 17.2. The molecule has 1 saturated heterocycles. The van der Waals surface area contributed by atoms with Crippen LogP contribution in [-0.4, -0.2) is 50.7 Å². The van der Waals surface area contributed by atoms with E-state index < -0.39 is 0 Å². The van der Waals surface area contributed by atoms with Gasteiger partial charge in [-0.05, 0) is 24.6 Å². The SMILES string of the molecule is Cc1cc(N2CCN(Cc3cccc(C#N)c3)CC2)n2ncnc2n1. The molecule has 7 nitrogen and oxygen atoms in total. The van der Waals surface area contributed by atoms with Crippen LogP contribution in [0.2, 0.25) is 0 Å². The first-order chi connectivity index (χ1) is 12.2. The molecule has 3 aromatic rings. The first-order valence-electron chi connectivity index (χ1n) is 8.37. The van der Waals surface area contributed by atoms with Crippen molar-refractivity contribution in [1.29, 1.82) is 5.26 Å². The number of rotatable bonds is 3. The van der Waals surface area contributed by atoms with Gasteiger partial charge in [0.05, 0.1) is 11.6 Å². The topological polar surface area (TPSA) is 73.3 Å². The molecule has 1 fully saturated rings. The number of hydrogen-bond acceptors (Lipinski definition) is 6. The van der Waals surface area contributed by atoms with Crippen LogP contribution in [0.5, 0.6) is 0 Å². The zero-order valence-electron chi connectivity index (χ0n) is 14.1. The smallest absolute Gasteiger partial charge is 0.254 e. The van der Waals surface area contributed by atoms with Crippen molar-refractivity contribution >= 4 is 11.6 Å². The standard InChI is InChI=1S/C18H19N7/c1-14-9-17(25-18(22-14)20-13-21-25)24-7-5-23(6-8-24)12-16-4-2-3-15(10-16)11-19/h2-4,9-10,13H,5-8,12H2,1H3. The third-order valence-corrected chi connectivity index (χ3v) is 4.52. The monoisotopic (exact) mass is 333 g/mol. The Balaban J connectivity index is 1.46. The molecule has 0 radical (unpaired) electrons. The fourth-order valence-electron chi connectivity index (χ4n) is 3.27. The molecule has 0 saturated carbocycles. The van der Waals surface area contributed by atoms with Crippen LogP contribution in [0, 0.1) is 18.3 Å². The quantitative estimate of drug-likeness (QED) is 0.725. The van der Waals surface area contributed by atoms with Crippen LogP contribution in [0.15, 0.2) is 36.7 Å². The molecule has 1 aromatic carbocycles. The maximum Gasteiger partial charge on any atom is 0.254 e. The van der Waals surface area contributed by atoms with Crippen LogP contribution < -0.4 is 4.90 Å². The Morgan fingerprint density at radius 2 is 2.00 bits per heavy atom. The Morgan fingerprint density at radius 3 is 2.80 bits per heavy atom. The summed E-state index contributed by atoms with van der Waals surface area (Å²) in [5.41, 5.74) is 2.86. The Morgan fingerprint density at radius 1 is 1.16 bits per heavy atom. The van der Waals surface area contributed by atoms with Crippen molar-refractivity contribution in [1.82, 2.24) is 24.5 Å². The first kappa shape index (κ1) is 15.5. The van der Waals surface area contributed by atoms with E-state index in [4.69, 9.17) is 5.26 Å². The second kappa shape index (κ2) is 6.49. The van der Waals surface area contributed by atoms with Crippen molar-refractivity contribution in [2.24, 2.45) is 0 Å². The molecular weight excluding hydrogens is 314 g/mol. The maximum absolute atomic E-state index is 9.03. The summed E-state index contributed by atoms with van der Waals surface area (Å²) >= 11 is 0. The van der Waals surface area contributed by atoms with E-state index in [1.54, 1.807) is 10.8 Å². The van der Waals surface area contributed by atoms with Gasteiger partial charge >= 0.3 is 0 Å². The highest BCUT2D eigenvalue weighted by Crippen LogP contribution is 2.19. The van der Waals surface area contributed by atoms with Gasteiger partial charge in [0.2, 0.25) is 0 Å². The lowest BCUT2D eigenvalue weighted by atomic mass is 10.1. The molecule has 3 heterocycles. The van der Waals surface area contributed by atoms with Crippen molar-refractivity contribution < 1.29 is 0 Å². The Labute approximate surface area is 146 Å². The number of nitrogens with zero attached hydrogens (tertiary/aromatic N) is 7. The van der Waals surface area contributed by atoms with Crippen molar-refractivity contribution in [3.8, 4) is 6.07 Å². The first-order valence-corrected chi connectivity index (χ1v) is 8.37. The van der Waals surface area contributed by atoms with Crippen molar-refractivity contribution in [3.63, 3.8) is 0 Å². The molecule has 1 aliphatic heterocycles. The van der Waals surface area contributed by atoms with Crippen LogP contribution in [0.3, 0.4) is 0 Å². The number of fused-ring (bicyclic) bond motifs is 1. The second-order valence-corrected chi connectivity index (χ2v) is 6.30. The molecule has 0 N–H and O–H groups in total. The van der Waals surface area contributed by atoms with E-state index in [-0.39, 0.29) is 0 Å². The van der Waals surface area contributed by atoms with E-state index in [1.807, 2.05) is 25.1 Å². The van der Waals surface area contributed by atoms with Gasteiger partial charge in [-0.1, -0.05) is 12.1 Å². The second-order valence-electron chi connectivity index (χ2n) is 6.30. The molecular formula is C18H19N7. The summed E-state index contributed by atoms with van der Waals surface area (Å²) in [6, 6.07) is 12.1. The molecule has 0 bridgehead atoms. The van der Waals surface area contributed by atoms with Crippen LogP contribution in [0.4, 0.5) is 5.82 Å². The number of piperazine rings is 1. The molecule has 4 rings (SSSR count). The minimum absolute atomic E-state index is 0.644. The Bertz CT molecular complexity index is 932. The molecule has 126 valence electrons. The van der Waals surface area contributed by atoms with Gasteiger partial charge < -0.3 is 4.90 Å². The van der Waals surface area contributed by atoms with Gasteiger partial charge in [-0.3, -0.25) is 4.90 Å². The molecule has 0 aliphatic carbocycles. The largest absolute Gasteiger partial charge is 0.354 e. The van der Waals surface area contributed by atoms with Crippen molar-refractivity contribution in [3.05, 3.63) is 53.5 Å². The molecule has 0 atom stereocenters. The Hall–Kier alpha value is -2.98. The molecule has 7 heteroatoms.